The molecule has 9 aromatic rings. The Labute approximate surface area is 302 Å². The highest BCUT2D eigenvalue weighted by molar-refractivity contribution is 6.11. The Kier molecular flexibility index (Phi) is 6.80. The van der Waals surface area contributed by atoms with E-state index in [-0.39, 0.29) is 5.41 Å². The quantitative estimate of drug-likeness (QED) is 0.183. The van der Waals surface area contributed by atoms with Crippen LogP contribution >= 0.6 is 0 Å². The summed E-state index contributed by atoms with van der Waals surface area (Å²) in [6.07, 6.45) is 0. The van der Waals surface area contributed by atoms with E-state index in [0.717, 1.165) is 39.0 Å². The van der Waals surface area contributed by atoms with Crippen molar-refractivity contribution in [3.05, 3.63) is 175 Å². The van der Waals surface area contributed by atoms with Crippen molar-refractivity contribution in [3.8, 4) is 67.5 Å². The van der Waals surface area contributed by atoms with Crippen LogP contribution in [0.4, 0.5) is 0 Å². The van der Waals surface area contributed by atoms with E-state index in [9.17, 15) is 0 Å². The Morgan fingerprint density at radius 2 is 0.885 bits per heavy atom. The van der Waals surface area contributed by atoms with Crippen LogP contribution in [0.3, 0.4) is 0 Å². The van der Waals surface area contributed by atoms with E-state index in [4.69, 9.17) is 19.4 Å². The fourth-order valence-electron chi connectivity index (χ4n) is 7.92. The largest absolute Gasteiger partial charge is 0.456 e. The number of para-hydroxylation sites is 1. The van der Waals surface area contributed by atoms with E-state index >= 15 is 0 Å². The lowest BCUT2D eigenvalue weighted by Crippen LogP contribution is -2.15. The molecule has 4 heteroatoms. The van der Waals surface area contributed by atoms with Gasteiger partial charge in [0, 0.05) is 32.9 Å². The maximum Gasteiger partial charge on any atom is 0.164 e. The lowest BCUT2D eigenvalue weighted by molar-refractivity contribution is 0.657. The average Bonchev–Trinajstić information content (AvgIpc) is 3.70. The highest BCUT2D eigenvalue weighted by Crippen LogP contribution is 2.53. The Bertz CT molecular complexity index is 2720. The zero-order valence-electron chi connectivity index (χ0n) is 28.8. The van der Waals surface area contributed by atoms with Gasteiger partial charge < -0.3 is 4.42 Å². The van der Waals surface area contributed by atoms with Gasteiger partial charge in [0.25, 0.3) is 0 Å². The SMILES string of the molecule is CC1(C)c2ccc(-c3ccc(-c4ccc(-c5nc(-c6ccccc6)nc(-c6ccccc6)n5)cc4)cc3)cc2-c2ccc3oc4ccccc4c3c21. The second-order valence-corrected chi connectivity index (χ2v) is 14.0. The first-order valence-electron chi connectivity index (χ1n) is 17.7. The summed E-state index contributed by atoms with van der Waals surface area (Å²) >= 11 is 0. The summed E-state index contributed by atoms with van der Waals surface area (Å²) in [6.45, 7) is 4.67. The molecule has 0 spiro atoms. The first-order chi connectivity index (χ1) is 25.5. The van der Waals surface area contributed by atoms with Crippen molar-refractivity contribution in [1.82, 2.24) is 15.0 Å². The Balaban J connectivity index is 0.967. The number of benzene rings is 7. The van der Waals surface area contributed by atoms with Crippen molar-refractivity contribution in [2.24, 2.45) is 0 Å². The summed E-state index contributed by atoms with van der Waals surface area (Å²) in [5.41, 5.74) is 14.6. The Morgan fingerprint density at radius 3 is 1.48 bits per heavy atom. The maximum atomic E-state index is 6.27. The van der Waals surface area contributed by atoms with Gasteiger partial charge in [0.2, 0.25) is 0 Å². The number of hydrogen-bond acceptors (Lipinski definition) is 4. The summed E-state index contributed by atoms with van der Waals surface area (Å²) in [5, 5.41) is 2.41. The van der Waals surface area contributed by atoms with Crippen LogP contribution in [0.5, 0.6) is 0 Å². The minimum absolute atomic E-state index is 0.140. The second kappa shape index (κ2) is 11.7. The number of aromatic nitrogens is 3. The number of furan rings is 1. The molecule has 0 radical (unpaired) electrons. The van der Waals surface area contributed by atoms with Gasteiger partial charge in [-0.15, -0.1) is 0 Å². The van der Waals surface area contributed by atoms with Crippen LogP contribution in [0, 0.1) is 0 Å². The molecule has 0 amide bonds. The molecular formula is C48H33N3O. The van der Waals surface area contributed by atoms with Crippen molar-refractivity contribution in [1.29, 1.82) is 0 Å². The molecule has 0 bridgehead atoms. The van der Waals surface area contributed by atoms with Gasteiger partial charge in [-0.1, -0.05) is 159 Å². The summed E-state index contributed by atoms with van der Waals surface area (Å²) in [7, 11) is 0. The van der Waals surface area contributed by atoms with Crippen molar-refractivity contribution in [3.63, 3.8) is 0 Å². The van der Waals surface area contributed by atoms with E-state index in [2.05, 4.69) is 111 Å². The van der Waals surface area contributed by atoms with Crippen LogP contribution in [0.1, 0.15) is 25.0 Å². The third kappa shape index (κ3) is 4.87. The third-order valence-corrected chi connectivity index (χ3v) is 10.5. The third-order valence-electron chi connectivity index (χ3n) is 10.5. The van der Waals surface area contributed by atoms with Gasteiger partial charge in [0.1, 0.15) is 11.2 Å². The number of fused-ring (bicyclic) bond motifs is 7. The normalized spacial score (nSPS) is 13.0. The molecule has 0 saturated heterocycles. The molecule has 1 aliphatic rings. The Morgan fingerprint density at radius 1 is 0.404 bits per heavy atom. The summed E-state index contributed by atoms with van der Waals surface area (Å²) in [4.78, 5) is 14.6. The summed E-state index contributed by atoms with van der Waals surface area (Å²) in [6, 6.07) is 57.2. The van der Waals surface area contributed by atoms with Crippen molar-refractivity contribution >= 4 is 21.9 Å². The molecule has 0 fully saturated rings. The summed E-state index contributed by atoms with van der Waals surface area (Å²) < 4.78 is 6.27. The monoisotopic (exact) mass is 667 g/mol. The van der Waals surface area contributed by atoms with Crippen LogP contribution in [0.2, 0.25) is 0 Å². The topological polar surface area (TPSA) is 51.8 Å². The minimum Gasteiger partial charge on any atom is -0.456 e. The van der Waals surface area contributed by atoms with Gasteiger partial charge in [0.05, 0.1) is 0 Å². The van der Waals surface area contributed by atoms with Gasteiger partial charge >= 0.3 is 0 Å². The molecule has 2 aromatic heterocycles. The molecule has 52 heavy (non-hydrogen) atoms. The number of hydrogen-bond donors (Lipinski definition) is 0. The van der Waals surface area contributed by atoms with Gasteiger partial charge in [0.15, 0.2) is 17.5 Å². The first kappa shape index (κ1) is 30.2. The highest BCUT2D eigenvalue weighted by atomic mass is 16.3. The molecule has 1 aliphatic carbocycles. The first-order valence-corrected chi connectivity index (χ1v) is 17.7. The molecule has 0 aliphatic heterocycles. The van der Waals surface area contributed by atoms with Crippen LogP contribution in [0.15, 0.2) is 168 Å². The number of rotatable bonds is 5. The molecule has 0 atom stereocenters. The molecule has 0 saturated carbocycles. The van der Waals surface area contributed by atoms with Crippen molar-refractivity contribution < 1.29 is 4.42 Å². The smallest absolute Gasteiger partial charge is 0.164 e. The predicted molar refractivity (Wildman–Crippen MR) is 212 cm³/mol. The van der Waals surface area contributed by atoms with Crippen LogP contribution < -0.4 is 0 Å². The fourth-order valence-corrected chi connectivity index (χ4v) is 7.92. The lowest BCUT2D eigenvalue weighted by atomic mass is 9.80. The van der Waals surface area contributed by atoms with E-state index in [1.807, 2.05) is 66.7 Å². The van der Waals surface area contributed by atoms with E-state index in [1.165, 1.54) is 44.2 Å². The van der Waals surface area contributed by atoms with Gasteiger partial charge in [-0.3, -0.25) is 0 Å². The highest BCUT2D eigenvalue weighted by Gasteiger charge is 2.38. The van der Waals surface area contributed by atoms with E-state index < -0.39 is 0 Å². The maximum absolute atomic E-state index is 6.27. The zero-order valence-corrected chi connectivity index (χ0v) is 28.8. The van der Waals surface area contributed by atoms with E-state index in [0.29, 0.717) is 17.5 Å². The average molecular weight is 668 g/mol. The molecule has 7 aromatic carbocycles. The molecule has 4 nitrogen and oxygen atoms in total. The molecule has 10 rings (SSSR count). The van der Waals surface area contributed by atoms with Crippen LogP contribution in [-0.4, -0.2) is 15.0 Å². The zero-order chi connectivity index (χ0) is 34.8. The van der Waals surface area contributed by atoms with E-state index in [1.54, 1.807) is 0 Å². The molecule has 0 unspecified atom stereocenters. The van der Waals surface area contributed by atoms with Gasteiger partial charge in [-0.2, -0.15) is 0 Å². The molecule has 0 N–H and O–H groups in total. The second-order valence-electron chi connectivity index (χ2n) is 14.0. The van der Waals surface area contributed by atoms with Crippen LogP contribution in [0.25, 0.3) is 89.5 Å². The standard InChI is InChI=1S/C48H33N3O/c1-48(2)40-27-25-36(29-39(40)37-26-28-42-43(44(37)48)38-15-9-10-16-41(38)52-42)32-19-17-30(18-20-32)31-21-23-35(24-22-31)47-50-45(33-11-5-3-6-12-33)49-46(51-47)34-13-7-4-8-14-34/h3-29H,1-2H3. The lowest BCUT2D eigenvalue weighted by Gasteiger charge is -2.22. The summed E-state index contributed by atoms with van der Waals surface area (Å²) in [5.74, 6) is 1.97. The molecule has 2 heterocycles. The fraction of sp³-hybridized carbons (Fsp3) is 0.0625. The van der Waals surface area contributed by atoms with Crippen molar-refractivity contribution in [2.45, 2.75) is 19.3 Å². The van der Waals surface area contributed by atoms with Crippen LogP contribution in [-0.2, 0) is 5.41 Å². The van der Waals surface area contributed by atoms with Crippen molar-refractivity contribution in [2.75, 3.05) is 0 Å². The molecular weight excluding hydrogens is 635 g/mol. The van der Waals surface area contributed by atoms with Gasteiger partial charge in [-0.05, 0) is 62.7 Å². The molecule has 246 valence electrons. The van der Waals surface area contributed by atoms with Gasteiger partial charge in [-0.25, -0.2) is 15.0 Å². The Hall–Kier alpha value is -6.65. The predicted octanol–water partition coefficient (Wildman–Crippen LogP) is 12.4. The minimum atomic E-state index is -0.140. The number of nitrogens with zero attached hydrogens (tertiary/aromatic N) is 3.